The number of nitrogens with zero attached hydrogens (tertiary/aromatic N) is 3. The van der Waals surface area contributed by atoms with E-state index in [0.717, 1.165) is 36.4 Å². The number of oxime groups is 1. The lowest BCUT2D eigenvalue weighted by atomic mass is 10.2. The predicted octanol–water partition coefficient (Wildman–Crippen LogP) is 3.04. The Morgan fingerprint density at radius 2 is 1.94 bits per heavy atom. The zero-order valence-electron chi connectivity index (χ0n) is 10.4. The zero-order chi connectivity index (χ0) is 12.0. The molecule has 0 atom stereocenters. The third-order valence-electron chi connectivity index (χ3n) is 2.14. The van der Waals surface area contributed by atoms with E-state index in [-0.39, 0.29) is 0 Å². The molecule has 88 valence electrons. The second-order valence-electron chi connectivity index (χ2n) is 3.95. The summed E-state index contributed by atoms with van der Waals surface area (Å²) in [6.07, 6.45) is 3.25. The first-order valence-electron chi connectivity index (χ1n) is 5.64. The van der Waals surface area contributed by atoms with Crippen LogP contribution in [0.25, 0.3) is 0 Å². The second-order valence-corrected chi connectivity index (χ2v) is 3.95. The van der Waals surface area contributed by atoms with Crippen LogP contribution in [-0.4, -0.2) is 15.7 Å². The normalized spacial score (nSPS) is 11.6. The van der Waals surface area contributed by atoms with Crippen molar-refractivity contribution in [2.75, 3.05) is 0 Å². The number of aromatic nitrogens is 2. The number of hydrogen-bond acceptors (Lipinski definition) is 4. The molecule has 1 heterocycles. The topological polar surface area (TPSA) is 47.4 Å². The summed E-state index contributed by atoms with van der Waals surface area (Å²) in [6.45, 7) is 7.93. The van der Waals surface area contributed by atoms with Crippen molar-refractivity contribution in [3.8, 4) is 6.01 Å². The Bertz CT molecular complexity index is 354. The minimum Gasteiger partial charge on any atom is -0.315 e. The van der Waals surface area contributed by atoms with E-state index in [9.17, 15) is 0 Å². The Morgan fingerprint density at radius 1 is 1.31 bits per heavy atom. The van der Waals surface area contributed by atoms with Crippen LogP contribution in [0.2, 0.25) is 0 Å². The van der Waals surface area contributed by atoms with Gasteiger partial charge in [-0.05, 0) is 39.7 Å². The maximum atomic E-state index is 5.19. The predicted molar refractivity (Wildman–Crippen MR) is 64.8 cm³/mol. The number of unbranched alkanes of at least 4 members (excludes halogenated alkanes) is 1. The van der Waals surface area contributed by atoms with Gasteiger partial charge in [0.05, 0.1) is 5.71 Å². The fraction of sp³-hybridized carbons (Fsp3) is 0.583. The summed E-state index contributed by atoms with van der Waals surface area (Å²) in [5.74, 6) is 0. The minimum atomic E-state index is 0.327. The molecule has 0 N–H and O–H groups in total. The lowest BCUT2D eigenvalue weighted by molar-refractivity contribution is 0.309. The Kier molecular flexibility index (Phi) is 4.89. The molecule has 4 heteroatoms. The molecular weight excluding hydrogens is 202 g/mol. The van der Waals surface area contributed by atoms with Gasteiger partial charge in [0, 0.05) is 11.4 Å². The Hall–Kier alpha value is -1.45. The molecule has 0 fully saturated rings. The fourth-order valence-electron chi connectivity index (χ4n) is 1.33. The fourth-order valence-corrected chi connectivity index (χ4v) is 1.33. The maximum absolute atomic E-state index is 5.19. The largest absolute Gasteiger partial charge is 0.346 e. The highest BCUT2D eigenvalue weighted by Crippen LogP contribution is 2.07. The first kappa shape index (κ1) is 12.6. The lowest BCUT2D eigenvalue weighted by Gasteiger charge is -2.01. The average Bonchev–Trinajstić information content (AvgIpc) is 2.22. The van der Waals surface area contributed by atoms with Crippen molar-refractivity contribution >= 4 is 5.71 Å². The van der Waals surface area contributed by atoms with Crippen molar-refractivity contribution in [1.29, 1.82) is 0 Å². The van der Waals surface area contributed by atoms with E-state index in [1.807, 2.05) is 26.8 Å². The van der Waals surface area contributed by atoms with E-state index in [2.05, 4.69) is 22.0 Å². The molecule has 1 aromatic rings. The monoisotopic (exact) mass is 221 g/mol. The summed E-state index contributed by atoms with van der Waals surface area (Å²) in [6, 6.07) is 2.23. The summed E-state index contributed by atoms with van der Waals surface area (Å²) in [4.78, 5) is 13.5. The van der Waals surface area contributed by atoms with Crippen LogP contribution in [0.5, 0.6) is 6.01 Å². The molecule has 0 amide bonds. The van der Waals surface area contributed by atoms with Gasteiger partial charge in [0.15, 0.2) is 0 Å². The summed E-state index contributed by atoms with van der Waals surface area (Å²) in [7, 11) is 0. The van der Waals surface area contributed by atoms with Crippen LogP contribution in [0.15, 0.2) is 11.2 Å². The van der Waals surface area contributed by atoms with E-state index in [1.54, 1.807) is 0 Å². The molecule has 4 nitrogen and oxygen atoms in total. The average molecular weight is 221 g/mol. The van der Waals surface area contributed by atoms with Crippen molar-refractivity contribution in [2.45, 2.75) is 47.0 Å². The molecule has 0 aromatic carbocycles. The van der Waals surface area contributed by atoms with Gasteiger partial charge in [-0.15, -0.1) is 0 Å². The van der Waals surface area contributed by atoms with E-state index >= 15 is 0 Å². The first-order chi connectivity index (χ1) is 7.61. The van der Waals surface area contributed by atoms with Gasteiger partial charge in [0.25, 0.3) is 0 Å². The Labute approximate surface area is 96.8 Å². The number of rotatable bonds is 5. The quantitative estimate of drug-likeness (QED) is 0.567. The second kappa shape index (κ2) is 6.20. The summed E-state index contributed by atoms with van der Waals surface area (Å²) < 4.78 is 0. The van der Waals surface area contributed by atoms with Gasteiger partial charge in [0.2, 0.25) is 0 Å². The van der Waals surface area contributed by atoms with Gasteiger partial charge in [-0.3, -0.25) is 0 Å². The number of hydrogen-bond donors (Lipinski definition) is 0. The van der Waals surface area contributed by atoms with E-state index in [0.29, 0.717) is 6.01 Å². The molecule has 0 bridgehead atoms. The van der Waals surface area contributed by atoms with Crippen LogP contribution in [0.4, 0.5) is 0 Å². The van der Waals surface area contributed by atoms with Crippen LogP contribution >= 0.6 is 0 Å². The third kappa shape index (κ3) is 4.38. The highest BCUT2D eigenvalue weighted by atomic mass is 16.6. The Balaban J connectivity index is 2.59. The molecule has 0 aliphatic rings. The van der Waals surface area contributed by atoms with Crippen molar-refractivity contribution < 1.29 is 4.84 Å². The summed E-state index contributed by atoms with van der Waals surface area (Å²) in [5.41, 5.74) is 2.76. The van der Waals surface area contributed by atoms with Crippen molar-refractivity contribution in [3.05, 3.63) is 17.5 Å². The molecule has 0 saturated heterocycles. The molecule has 0 radical (unpaired) electrons. The summed E-state index contributed by atoms with van der Waals surface area (Å²) >= 11 is 0. The van der Waals surface area contributed by atoms with Gasteiger partial charge in [0.1, 0.15) is 0 Å². The molecule has 16 heavy (non-hydrogen) atoms. The molecule has 0 aliphatic carbocycles. The zero-order valence-corrected chi connectivity index (χ0v) is 10.4. The highest BCUT2D eigenvalue weighted by Gasteiger charge is 2.00. The molecule has 1 rings (SSSR count). The van der Waals surface area contributed by atoms with Gasteiger partial charge >= 0.3 is 6.01 Å². The van der Waals surface area contributed by atoms with Crippen LogP contribution in [-0.2, 0) is 0 Å². The van der Waals surface area contributed by atoms with Gasteiger partial charge in [-0.25, -0.2) is 0 Å². The van der Waals surface area contributed by atoms with Gasteiger partial charge < -0.3 is 4.84 Å². The van der Waals surface area contributed by atoms with Gasteiger partial charge in [-0.2, -0.15) is 9.97 Å². The smallest absolute Gasteiger partial charge is 0.315 e. The van der Waals surface area contributed by atoms with Crippen molar-refractivity contribution in [1.82, 2.24) is 9.97 Å². The molecule has 0 saturated carbocycles. The highest BCUT2D eigenvalue weighted by molar-refractivity contribution is 5.81. The van der Waals surface area contributed by atoms with E-state index in [4.69, 9.17) is 4.84 Å². The lowest BCUT2D eigenvalue weighted by Crippen LogP contribution is -1.99. The Morgan fingerprint density at radius 3 is 2.50 bits per heavy atom. The molecule has 1 aromatic heterocycles. The third-order valence-corrected chi connectivity index (χ3v) is 2.14. The molecular formula is C12H19N3O. The summed E-state index contributed by atoms with van der Waals surface area (Å²) in [5, 5.41) is 4.01. The van der Waals surface area contributed by atoms with E-state index < -0.39 is 0 Å². The number of aryl methyl sites for hydroxylation is 2. The van der Waals surface area contributed by atoms with Crippen molar-refractivity contribution in [3.63, 3.8) is 0 Å². The molecule has 0 spiro atoms. The molecule has 0 aliphatic heterocycles. The SMILES string of the molecule is CCCC/C(C)=N/Oc1nc(C)cc(C)n1. The van der Waals surface area contributed by atoms with Gasteiger partial charge in [-0.1, -0.05) is 18.5 Å². The van der Waals surface area contributed by atoms with Crippen molar-refractivity contribution in [2.24, 2.45) is 5.16 Å². The maximum Gasteiger partial charge on any atom is 0.346 e. The van der Waals surface area contributed by atoms with Crippen LogP contribution < -0.4 is 4.84 Å². The first-order valence-corrected chi connectivity index (χ1v) is 5.64. The van der Waals surface area contributed by atoms with Crippen LogP contribution in [0.1, 0.15) is 44.5 Å². The van der Waals surface area contributed by atoms with Crippen LogP contribution in [0, 0.1) is 13.8 Å². The molecule has 0 unspecified atom stereocenters. The van der Waals surface area contributed by atoms with Crippen LogP contribution in [0.3, 0.4) is 0 Å². The van der Waals surface area contributed by atoms with E-state index in [1.165, 1.54) is 0 Å². The minimum absolute atomic E-state index is 0.327. The standard InChI is InChI=1S/C12H19N3O/c1-5-6-7-9(2)15-16-12-13-10(3)8-11(4)14-12/h8H,5-7H2,1-4H3/b15-9+.